The second kappa shape index (κ2) is 11.3. The van der Waals surface area contributed by atoms with Crippen molar-refractivity contribution in [2.75, 3.05) is 26.3 Å². The van der Waals surface area contributed by atoms with Gasteiger partial charge in [0.05, 0.1) is 12.2 Å². The number of rotatable bonds is 8. The van der Waals surface area contributed by atoms with Crippen LogP contribution in [0.15, 0.2) is 60.7 Å². The molecule has 5 rings (SSSR count). The third kappa shape index (κ3) is 5.38. The van der Waals surface area contributed by atoms with E-state index in [0.29, 0.717) is 55.0 Å². The molecule has 1 atom stereocenters. The molecule has 1 aliphatic carbocycles. The number of alkyl halides is 2. The fourth-order valence-electron chi connectivity index (χ4n) is 5.62. The van der Waals surface area contributed by atoms with Crippen LogP contribution in [0.1, 0.15) is 63.6 Å². The molecule has 1 fully saturated rings. The number of hydrogen-bond donors (Lipinski definition) is 1. The average molecular weight is 540 g/mol. The molecule has 198 valence electrons. The van der Waals surface area contributed by atoms with Gasteiger partial charge in [0, 0.05) is 36.1 Å². The smallest absolute Gasteiger partial charge is 0.335 e. The van der Waals surface area contributed by atoms with E-state index in [-0.39, 0.29) is 18.2 Å². The summed E-state index contributed by atoms with van der Waals surface area (Å²) in [4.78, 5) is 13.7. The van der Waals surface area contributed by atoms with E-state index in [9.17, 15) is 14.3 Å². The van der Waals surface area contributed by atoms with Gasteiger partial charge in [-0.15, -0.1) is 0 Å². The van der Waals surface area contributed by atoms with Crippen molar-refractivity contribution in [1.29, 1.82) is 0 Å². The van der Waals surface area contributed by atoms with Crippen LogP contribution in [0.4, 0.5) is 13.2 Å². The first-order valence-electron chi connectivity index (χ1n) is 12.9. The van der Waals surface area contributed by atoms with Crippen LogP contribution in [0.5, 0.6) is 0 Å². The lowest BCUT2D eigenvalue weighted by Gasteiger charge is -2.41. The van der Waals surface area contributed by atoms with E-state index >= 15 is 8.78 Å². The van der Waals surface area contributed by atoms with Gasteiger partial charge in [-0.1, -0.05) is 48.0 Å². The Morgan fingerprint density at radius 1 is 1.03 bits per heavy atom. The van der Waals surface area contributed by atoms with Gasteiger partial charge in [-0.05, 0) is 83.3 Å². The van der Waals surface area contributed by atoms with Crippen molar-refractivity contribution in [1.82, 2.24) is 4.90 Å². The Morgan fingerprint density at radius 2 is 1.76 bits per heavy atom. The molecule has 0 bridgehead atoms. The van der Waals surface area contributed by atoms with Gasteiger partial charge < -0.3 is 10.0 Å². The van der Waals surface area contributed by atoms with Crippen molar-refractivity contribution >= 4 is 28.7 Å². The lowest BCUT2D eigenvalue weighted by Crippen LogP contribution is -2.48. The van der Waals surface area contributed by atoms with Gasteiger partial charge in [0.2, 0.25) is 0 Å². The summed E-state index contributed by atoms with van der Waals surface area (Å²) in [6.07, 6.45) is 1.33. The normalized spacial score (nSPS) is 17.1. The highest BCUT2D eigenvalue weighted by Gasteiger charge is 2.34. The number of halogens is 4. The molecule has 0 radical (unpaired) electrons. The summed E-state index contributed by atoms with van der Waals surface area (Å²) in [7, 11) is 0. The standard InChI is InChI=1S/C31H29ClF3NO2/c32-24-10-12-26(28(34)16-24)27-4-1-3-21-15-22(31(37)38)9-11-25(21)29(27)19-5-7-20(8-6-19)30(35)23-17-36(18-23)14-2-13-33/h5-12,15-16,23,30H,1-4,13-14,17-18H2,(H,37,38). The van der Waals surface area contributed by atoms with Crippen LogP contribution in [0, 0.1) is 11.7 Å². The number of benzene rings is 3. The molecule has 0 amide bonds. The molecular formula is C31H29ClF3NO2. The molecule has 38 heavy (non-hydrogen) atoms. The minimum atomic E-state index is -1.12. The highest BCUT2D eigenvalue weighted by Crippen LogP contribution is 2.42. The summed E-state index contributed by atoms with van der Waals surface area (Å²) < 4.78 is 42.8. The van der Waals surface area contributed by atoms with Crippen LogP contribution in [0.3, 0.4) is 0 Å². The number of aromatic carboxylic acids is 1. The zero-order chi connectivity index (χ0) is 26.8. The zero-order valence-corrected chi connectivity index (χ0v) is 21.7. The van der Waals surface area contributed by atoms with Gasteiger partial charge in [0.25, 0.3) is 0 Å². The summed E-state index contributed by atoms with van der Waals surface area (Å²) in [6.45, 7) is 1.53. The maximum Gasteiger partial charge on any atom is 0.335 e. The Labute approximate surface area is 225 Å². The van der Waals surface area contributed by atoms with Crippen LogP contribution in [-0.4, -0.2) is 42.3 Å². The van der Waals surface area contributed by atoms with Crippen LogP contribution in [0.2, 0.25) is 5.02 Å². The summed E-state index contributed by atoms with van der Waals surface area (Å²) >= 11 is 6.03. The maximum absolute atomic E-state index is 15.3. The highest BCUT2D eigenvalue weighted by molar-refractivity contribution is 6.30. The fraction of sp³-hybridized carbons (Fsp3) is 0.323. The third-order valence-corrected chi connectivity index (χ3v) is 7.81. The second-order valence-electron chi connectivity index (χ2n) is 10.1. The van der Waals surface area contributed by atoms with Gasteiger partial charge in [-0.3, -0.25) is 4.39 Å². The fourth-order valence-corrected chi connectivity index (χ4v) is 5.78. The number of carboxylic acid groups (broad SMARTS) is 1. The largest absolute Gasteiger partial charge is 0.478 e. The molecule has 1 heterocycles. The number of aryl methyl sites for hydroxylation is 1. The second-order valence-corrected chi connectivity index (χ2v) is 10.5. The molecule has 1 N–H and O–H groups in total. The number of carboxylic acids is 1. The Hall–Kier alpha value is -3.09. The number of fused-ring (bicyclic) bond motifs is 1. The number of nitrogens with zero attached hydrogens (tertiary/aromatic N) is 1. The SMILES string of the molecule is O=C(O)c1ccc2c(c1)CCCC(c1ccc(Cl)cc1F)=C2c1ccc(C(F)C2CN(CCCF)C2)cc1. The molecule has 2 aliphatic rings. The topological polar surface area (TPSA) is 40.5 Å². The summed E-state index contributed by atoms with van der Waals surface area (Å²) in [5, 5.41) is 9.83. The van der Waals surface area contributed by atoms with Crippen molar-refractivity contribution < 1.29 is 23.1 Å². The third-order valence-electron chi connectivity index (χ3n) is 7.58. The van der Waals surface area contributed by atoms with Crippen molar-refractivity contribution in [3.05, 3.63) is 105 Å². The molecular weight excluding hydrogens is 511 g/mol. The summed E-state index contributed by atoms with van der Waals surface area (Å²) in [6, 6.07) is 17.0. The van der Waals surface area contributed by atoms with Crippen molar-refractivity contribution in [2.24, 2.45) is 5.92 Å². The summed E-state index contributed by atoms with van der Waals surface area (Å²) in [5.41, 5.74) is 5.43. The maximum atomic E-state index is 15.3. The lowest BCUT2D eigenvalue weighted by molar-refractivity contribution is 0.0364. The Bertz CT molecular complexity index is 1370. The first kappa shape index (κ1) is 26.5. The van der Waals surface area contributed by atoms with Crippen LogP contribution in [-0.2, 0) is 6.42 Å². The monoisotopic (exact) mass is 539 g/mol. The van der Waals surface area contributed by atoms with Crippen LogP contribution in [0.25, 0.3) is 11.1 Å². The molecule has 3 aromatic carbocycles. The van der Waals surface area contributed by atoms with Gasteiger partial charge in [-0.25, -0.2) is 13.6 Å². The van der Waals surface area contributed by atoms with Gasteiger partial charge in [0.15, 0.2) is 0 Å². The minimum absolute atomic E-state index is 0.119. The number of allylic oxidation sites excluding steroid dienone is 1. The van der Waals surface area contributed by atoms with E-state index in [1.165, 1.54) is 6.07 Å². The molecule has 3 nitrogen and oxygen atoms in total. The molecule has 1 aliphatic heterocycles. The van der Waals surface area contributed by atoms with Gasteiger partial charge in [0.1, 0.15) is 12.0 Å². The van der Waals surface area contributed by atoms with Gasteiger partial charge in [-0.2, -0.15) is 0 Å². The molecule has 0 spiro atoms. The van der Waals surface area contributed by atoms with E-state index < -0.39 is 18.0 Å². The predicted octanol–water partition coefficient (Wildman–Crippen LogP) is 7.77. The zero-order valence-electron chi connectivity index (χ0n) is 20.9. The Morgan fingerprint density at radius 3 is 2.45 bits per heavy atom. The van der Waals surface area contributed by atoms with E-state index in [0.717, 1.165) is 34.3 Å². The van der Waals surface area contributed by atoms with Crippen LogP contribution < -0.4 is 0 Å². The van der Waals surface area contributed by atoms with Crippen molar-refractivity contribution in [3.8, 4) is 0 Å². The highest BCUT2D eigenvalue weighted by atomic mass is 35.5. The number of hydrogen-bond acceptors (Lipinski definition) is 2. The Kier molecular flexibility index (Phi) is 7.91. The first-order chi connectivity index (χ1) is 18.4. The summed E-state index contributed by atoms with van der Waals surface area (Å²) in [5.74, 6) is -1.53. The lowest BCUT2D eigenvalue weighted by atomic mass is 9.85. The van der Waals surface area contributed by atoms with Gasteiger partial charge >= 0.3 is 5.97 Å². The van der Waals surface area contributed by atoms with E-state index in [1.54, 1.807) is 42.5 Å². The molecule has 1 unspecified atom stereocenters. The molecule has 0 aromatic heterocycles. The Balaban J connectivity index is 1.53. The molecule has 1 saturated heterocycles. The average Bonchev–Trinajstić information content (AvgIpc) is 3.07. The molecule has 7 heteroatoms. The number of likely N-dealkylation sites (tertiary alicyclic amines) is 1. The van der Waals surface area contributed by atoms with Crippen molar-refractivity contribution in [3.63, 3.8) is 0 Å². The predicted molar refractivity (Wildman–Crippen MR) is 144 cm³/mol. The number of carbonyl (C=O) groups is 1. The van der Waals surface area contributed by atoms with Crippen molar-refractivity contribution in [2.45, 2.75) is 31.9 Å². The molecule has 3 aromatic rings. The first-order valence-corrected chi connectivity index (χ1v) is 13.3. The molecule has 0 saturated carbocycles. The quantitative estimate of drug-likeness (QED) is 0.318. The van der Waals surface area contributed by atoms with Crippen LogP contribution >= 0.6 is 11.6 Å². The van der Waals surface area contributed by atoms with E-state index in [4.69, 9.17) is 11.6 Å². The minimum Gasteiger partial charge on any atom is -0.478 e. The van der Waals surface area contributed by atoms with E-state index in [2.05, 4.69) is 4.90 Å². The van der Waals surface area contributed by atoms with E-state index in [1.807, 2.05) is 12.1 Å².